The van der Waals surface area contributed by atoms with Gasteiger partial charge >= 0.3 is 0 Å². The standard InChI is InChI=1S/C19H14ClFN6/c20-15-5-1-13(2-6-15)18-14(10-23-26-18)9-22-19-25-17(11-24-27-19)12-3-7-16(21)8-4-12/h1-8,10-11H,9H2,(H,23,26)(H,22,25,27). The van der Waals surface area contributed by atoms with Crippen LogP contribution in [0.25, 0.3) is 22.5 Å². The minimum Gasteiger partial charge on any atom is -0.349 e. The summed E-state index contributed by atoms with van der Waals surface area (Å²) in [5, 5.41) is 18.9. The van der Waals surface area contributed by atoms with Crippen molar-refractivity contribution in [2.75, 3.05) is 5.32 Å². The van der Waals surface area contributed by atoms with E-state index < -0.39 is 0 Å². The number of hydrogen-bond acceptors (Lipinski definition) is 5. The van der Waals surface area contributed by atoms with E-state index >= 15 is 0 Å². The fourth-order valence-electron chi connectivity index (χ4n) is 2.62. The van der Waals surface area contributed by atoms with Gasteiger partial charge in [-0.05, 0) is 42.0 Å². The van der Waals surface area contributed by atoms with Crippen LogP contribution in [0.15, 0.2) is 60.9 Å². The lowest BCUT2D eigenvalue weighted by atomic mass is 10.1. The molecule has 2 N–H and O–H groups in total. The third kappa shape index (κ3) is 3.93. The molecule has 0 saturated heterocycles. The fraction of sp³-hybridized carbons (Fsp3) is 0.0526. The largest absolute Gasteiger partial charge is 0.349 e. The summed E-state index contributed by atoms with van der Waals surface area (Å²) in [5.74, 6) is 0.0777. The van der Waals surface area contributed by atoms with E-state index in [1.807, 2.05) is 24.3 Å². The average Bonchev–Trinajstić information content (AvgIpc) is 3.16. The van der Waals surface area contributed by atoms with E-state index in [0.29, 0.717) is 23.2 Å². The number of aromatic amines is 1. The first kappa shape index (κ1) is 17.1. The summed E-state index contributed by atoms with van der Waals surface area (Å²) in [6, 6.07) is 13.6. The van der Waals surface area contributed by atoms with Gasteiger partial charge in [0.25, 0.3) is 0 Å². The van der Waals surface area contributed by atoms with Crippen LogP contribution in [0.2, 0.25) is 5.02 Å². The molecule has 0 amide bonds. The maximum atomic E-state index is 13.1. The van der Waals surface area contributed by atoms with Crippen molar-refractivity contribution < 1.29 is 4.39 Å². The van der Waals surface area contributed by atoms with Crippen LogP contribution in [0, 0.1) is 5.82 Å². The summed E-state index contributed by atoms with van der Waals surface area (Å²) in [4.78, 5) is 4.43. The van der Waals surface area contributed by atoms with Gasteiger partial charge in [0.15, 0.2) is 0 Å². The molecule has 27 heavy (non-hydrogen) atoms. The predicted octanol–water partition coefficient (Wildman–Crippen LogP) is 4.33. The summed E-state index contributed by atoms with van der Waals surface area (Å²) in [6.45, 7) is 0.461. The molecule has 0 atom stereocenters. The number of aromatic nitrogens is 5. The Labute approximate surface area is 159 Å². The van der Waals surface area contributed by atoms with E-state index in [0.717, 1.165) is 22.4 Å². The van der Waals surface area contributed by atoms with Crippen molar-refractivity contribution in [3.63, 3.8) is 0 Å². The van der Waals surface area contributed by atoms with E-state index in [4.69, 9.17) is 11.6 Å². The van der Waals surface area contributed by atoms with E-state index in [9.17, 15) is 4.39 Å². The quantitative estimate of drug-likeness (QED) is 0.538. The van der Waals surface area contributed by atoms with Crippen LogP contribution in [-0.4, -0.2) is 25.4 Å². The molecule has 0 aliphatic carbocycles. The van der Waals surface area contributed by atoms with Crippen molar-refractivity contribution in [3.05, 3.63) is 77.3 Å². The molecule has 2 heterocycles. The maximum Gasteiger partial charge on any atom is 0.243 e. The van der Waals surface area contributed by atoms with Gasteiger partial charge in [-0.15, -0.1) is 5.10 Å². The number of rotatable bonds is 5. The fourth-order valence-corrected chi connectivity index (χ4v) is 2.75. The Balaban J connectivity index is 1.51. The average molecular weight is 381 g/mol. The molecule has 0 aliphatic rings. The van der Waals surface area contributed by atoms with Crippen molar-refractivity contribution in [2.45, 2.75) is 6.54 Å². The second kappa shape index (κ2) is 7.51. The first-order valence-electron chi connectivity index (χ1n) is 8.17. The summed E-state index contributed by atoms with van der Waals surface area (Å²) >= 11 is 5.95. The molecule has 2 aromatic carbocycles. The van der Waals surface area contributed by atoms with Gasteiger partial charge < -0.3 is 5.32 Å². The lowest BCUT2D eigenvalue weighted by molar-refractivity contribution is 0.628. The SMILES string of the molecule is Fc1ccc(-c2cnnc(NCc3cn[nH]c3-c3ccc(Cl)cc3)n2)cc1. The van der Waals surface area contributed by atoms with Crippen molar-refractivity contribution in [1.29, 1.82) is 0 Å². The minimum atomic E-state index is -0.297. The molecule has 0 fully saturated rings. The highest BCUT2D eigenvalue weighted by Crippen LogP contribution is 2.23. The number of anilines is 1. The van der Waals surface area contributed by atoms with Crippen LogP contribution >= 0.6 is 11.6 Å². The van der Waals surface area contributed by atoms with E-state index in [1.54, 1.807) is 18.3 Å². The second-order valence-electron chi connectivity index (χ2n) is 5.80. The van der Waals surface area contributed by atoms with Crippen LogP contribution < -0.4 is 5.32 Å². The van der Waals surface area contributed by atoms with E-state index in [-0.39, 0.29) is 5.82 Å². The normalized spacial score (nSPS) is 10.7. The number of H-pyrrole nitrogens is 1. The molecule has 2 aromatic heterocycles. The molecule has 0 bridgehead atoms. The van der Waals surface area contributed by atoms with Crippen molar-refractivity contribution in [3.8, 4) is 22.5 Å². The van der Waals surface area contributed by atoms with Gasteiger partial charge in [0.2, 0.25) is 5.95 Å². The zero-order valence-electron chi connectivity index (χ0n) is 14.0. The molecule has 0 spiro atoms. The smallest absolute Gasteiger partial charge is 0.243 e. The number of benzene rings is 2. The van der Waals surface area contributed by atoms with Gasteiger partial charge in [-0.3, -0.25) is 5.10 Å². The van der Waals surface area contributed by atoms with Gasteiger partial charge in [0.05, 0.1) is 23.8 Å². The molecule has 0 aliphatic heterocycles. The molecule has 134 valence electrons. The number of nitrogens with zero attached hydrogens (tertiary/aromatic N) is 4. The Morgan fingerprint density at radius 1 is 0.963 bits per heavy atom. The molecule has 0 radical (unpaired) electrons. The molecule has 0 unspecified atom stereocenters. The van der Waals surface area contributed by atoms with Gasteiger partial charge in [-0.2, -0.15) is 10.2 Å². The Bertz CT molecular complexity index is 1050. The number of nitrogens with one attached hydrogen (secondary N) is 2. The Kier molecular flexibility index (Phi) is 4.76. The van der Waals surface area contributed by atoms with E-state index in [2.05, 4.69) is 30.7 Å². The monoisotopic (exact) mass is 380 g/mol. The van der Waals surface area contributed by atoms with Gasteiger partial charge in [-0.25, -0.2) is 9.37 Å². The molecular weight excluding hydrogens is 367 g/mol. The van der Waals surface area contributed by atoms with Crippen molar-refractivity contribution in [1.82, 2.24) is 25.4 Å². The van der Waals surface area contributed by atoms with Gasteiger partial charge in [0.1, 0.15) is 5.82 Å². The van der Waals surface area contributed by atoms with Crippen molar-refractivity contribution in [2.24, 2.45) is 0 Å². The van der Waals surface area contributed by atoms with Crippen molar-refractivity contribution >= 4 is 17.5 Å². The first-order valence-corrected chi connectivity index (χ1v) is 8.54. The highest BCUT2D eigenvalue weighted by Gasteiger charge is 2.09. The highest BCUT2D eigenvalue weighted by atomic mass is 35.5. The molecular formula is C19H14ClFN6. The Hall–Kier alpha value is -3.32. The summed E-state index contributed by atoms with van der Waals surface area (Å²) in [7, 11) is 0. The molecule has 4 aromatic rings. The summed E-state index contributed by atoms with van der Waals surface area (Å²) < 4.78 is 13.1. The first-order chi connectivity index (χ1) is 13.2. The number of halogens is 2. The Morgan fingerprint density at radius 3 is 2.48 bits per heavy atom. The third-order valence-electron chi connectivity index (χ3n) is 3.99. The van der Waals surface area contributed by atoms with Crippen LogP contribution in [0.3, 0.4) is 0 Å². The van der Waals surface area contributed by atoms with Gasteiger partial charge in [0, 0.05) is 22.7 Å². The topological polar surface area (TPSA) is 79.4 Å². The van der Waals surface area contributed by atoms with Crippen LogP contribution in [0.4, 0.5) is 10.3 Å². The zero-order valence-corrected chi connectivity index (χ0v) is 14.8. The van der Waals surface area contributed by atoms with Crippen LogP contribution in [0.5, 0.6) is 0 Å². The lowest BCUT2D eigenvalue weighted by Gasteiger charge is -2.07. The molecule has 4 rings (SSSR count). The van der Waals surface area contributed by atoms with Crippen LogP contribution in [0.1, 0.15) is 5.56 Å². The van der Waals surface area contributed by atoms with E-state index in [1.165, 1.54) is 18.3 Å². The summed E-state index contributed by atoms with van der Waals surface area (Å²) in [6.07, 6.45) is 3.28. The van der Waals surface area contributed by atoms with Gasteiger partial charge in [-0.1, -0.05) is 23.7 Å². The lowest BCUT2D eigenvalue weighted by Crippen LogP contribution is -2.05. The number of hydrogen-bond donors (Lipinski definition) is 2. The van der Waals surface area contributed by atoms with Crippen LogP contribution in [-0.2, 0) is 6.54 Å². The summed E-state index contributed by atoms with van der Waals surface area (Å²) in [5.41, 5.74) is 4.19. The zero-order chi connectivity index (χ0) is 18.6. The molecule has 8 heteroatoms. The molecule has 6 nitrogen and oxygen atoms in total. The highest BCUT2D eigenvalue weighted by molar-refractivity contribution is 6.30. The predicted molar refractivity (Wildman–Crippen MR) is 102 cm³/mol. The Morgan fingerprint density at radius 2 is 1.70 bits per heavy atom. The second-order valence-corrected chi connectivity index (χ2v) is 6.24. The minimum absolute atomic E-state index is 0.297. The molecule has 0 saturated carbocycles. The third-order valence-corrected chi connectivity index (χ3v) is 4.24. The maximum absolute atomic E-state index is 13.1.